The molecule has 3 atom stereocenters. The molecule has 0 spiro atoms. The van der Waals surface area contributed by atoms with Gasteiger partial charge >= 0.3 is 0 Å². The maximum Gasteiger partial charge on any atom is 0.211 e. The minimum absolute atomic E-state index is 0.00696. The Kier molecular flexibility index (Phi) is 5.06. The molecule has 2 N–H and O–H groups in total. The second kappa shape index (κ2) is 6.89. The highest BCUT2D eigenvalue weighted by Crippen LogP contribution is 2.34. The maximum absolute atomic E-state index is 12.1. The van der Waals surface area contributed by atoms with E-state index in [1.54, 1.807) is 4.31 Å². The number of aliphatic hydroxyl groups is 1. The summed E-state index contributed by atoms with van der Waals surface area (Å²) in [6.07, 6.45) is 4.77. The van der Waals surface area contributed by atoms with E-state index in [0.717, 1.165) is 18.4 Å². The van der Waals surface area contributed by atoms with Gasteiger partial charge in [-0.05, 0) is 24.3 Å². The third-order valence-electron chi connectivity index (χ3n) is 5.23. The Morgan fingerprint density at radius 2 is 1.87 bits per heavy atom. The van der Waals surface area contributed by atoms with Gasteiger partial charge in [-0.25, -0.2) is 12.7 Å². The zero-order valence-electron chi connectivity index (χ0n) is 13.6. The van der Waals surface area contributed by atoms with Gasteiger partial charge in [0.15, 0.2) is 0 Å². The fraction of sp³-hybridized carbons (Fsp3) is 0.647. The molecule has 0 aromatic heterocycles. The van der Waals surface area contributed by atoms with Crippen molar-refractivity contribution in [1.82, 2.24) is 9.62 Å². The lowest BCUT2D eigenvalue weighted by Gasteiger charge is -2.47. The molecule has 0 unspecified atom stereocenters. The van der Waals surface area contributed by atoms with E-state index in [0.29, 0.717) is 19.0 Å². The highest BCUT2D eigenvalue weighted by atomic mass is 32.2. The van der Waals surface area contributed by atoms with Crippen LogP contribution in [0.1, 0.15) is 30.7 Å². The van der Waals surface area contributed by atoms with Gasteiger partial charge in [0.1, 0.15) is 0 Å². The average Bonchev–Trinajstić information content (AvgIpc) is 2.43. The van der Waals surface area contributed by atoms with Gasteiger partial charge in [0, 0.05) is 31.1 Å². The van der Waals surface area contributed by atoms with Gasteiger partial charge in [0.2, 0.25) is 10.0 Å². The largest absolute Gasteiger partial charge is 0.395 e. The molecule has 0 bridgehead atoms. The minimum Gasteiger partial charge on any atom is -0.395 e. The lowest BCUT2D eigenvalue weighted by atomic mass is 9.77. The quantitative estimate of drug-likeness (QED) is 0.783. The van der Waals surface area contributed by atoms with E-state index in [4.69, 9.17) is 0 Å². The number of rotatable bonds is 7. The van der Waals surface area contributed by atoms with Crippen molar-refractivity contribution in [2.24, 2.45) is 5.92 Å². The van der Waals surface area contributed by atoms with Crippen molar-refractivity contribution in [3.8, 4) is 0 Å². The van der Waals surface area contributed by atoms with Crippen LogP contribution < -0.4 is 5.32 Å². The molecule has 3 rings (SSSR count). The van der Waals surface area contributed by atoms with Crippen molar-refractivity contribution in [1.29, 1.82) is 0 Å². The van der Waals surface area contributed by atoms with Crippen molar-refractivity contribution < 1.29 is 13.5 Å². The van der Waals surface area contributed by atoms with E-state index in [1.807, 2.05) is 18.2 Å². The summed E-state index contributed by atoms with van der Waals surface area (Å²) in [7, 11) is -3.21. The highest BCUT2D eigenvalue weighted by molar-refractivity contribution is 7.88. The lowest BCUT2D eigenvalue weighted by Crippen LogP contribution is -2.65. The van der Waals surface area contributed by atoms with Gasteiger partial charge in [-0.2, -0.15) is 0 Å². The van der Waals surface area contributed by atoms with E-state index in [9.17, 15) is 13.5 Å². The Bertz CT molecular complexity index is 616. The van der Waals surface area contributed by atoms with Crippen LogP contribution in [-0.2, 0) is 10.0 Å². The third-order valence-corrected chi connectivity index (χ3v) is 6.47. The van der Waals surface area contributed by atoms with Gasteiger partial charge in [0.05, 0.1) is 12.9 Å². The Hall–Kier alpha value is -0.950. The molecule has 2 fully saturated rings. The summed E-state index contributed by atoms with van der Waals surface area (Å²) in [5, 5.41) is 12.9. The lowest BCUT2D eigenvalue weighted by molar-refractivity contribution is 0.109. The third kappa shape index (κ3) is 3.76. The second-order valence-electron chi connectivity index (χ2n) is 6.88. The molecule has 6 heteroatoms. The zero-order valence-corrected chi connectivity index (χ0v) is 14.4. The molecule has 1 heterocycles. The van der Waals surface area contributed by atoms with Crippen LogP contribution in [0.3, 0.4) is 0 Å². The Morgan fingerprint density at radius 1 is 1.17 bits per heavy atom. The molecule has 1 saturated heterocycles. The number of nitrogens with zero attached hydrogens (tertiary/aromatic N) is 1. The molecule has 1 aliphatic heterocycles. The molecule has 0 radical (unpaired) electrons. The summed E-state index contributed by atoms with van der Waals surface area (Å²) < 4.78 is 25.9. The van der Waals surface area contributed by atoms with Crippen LogP contribution in [0.4, 0.5) is 0 Å². The van der Waals surface area contributed by atoms with Gasteiger partial charge < -0.3 is 10.4 Å². The van der Waals surface area contributed by atoms with Gasteiger partial charge in [-0.1, -0.05) is 36.8 Å². The van der Waals surface area contributed by atoms with E-state index < -0.39 is 10.0 Å². The molecule has 1 aliphatic carbocycles. The van der Waals surface area contributed by atoms with Crippen LogP contribution in [0, 0.1) is 5.92 Å². The monoisotopic (exact) mass is 338 g/mol. The molecule has 1 aromatic rings. The first-order valence-corrected chi connectivity index (χ1v) is 10.2. The van der Waals surface area contributed by atoms with Gasteiger partial charge in [-0.15, -0.1) is 0 Å². The van der Waals surface area contributed by atoms with E-state index >= 15 is 0 Å². The molecule has 5 nitrogen and oxygen atoms in total. The smallest absolute Gasteiger partial charge is 0.211 e. The molecular weight excluding hydrogens is 312 g/mol. The van der Waals surface area contributed by atoms with Gasteiger partial charge in [-0.3, -0.25) is 0 Å². The van der Waals surface area contributed by atoms with Crippen LogP contribution in [0.5, 0.6) is 0 Å². The van der Waals surface area contributed by atoms with E-state index in [1.165, 1.54) is 12.7 Å². The summed E-state index contributed by atoms with van der Waals surface area (Å²) in [6, 6.07) is 10.1. The zero-order chi connectivity index (χ0) is 16.4. The van der Waals surface area contributed by atoms with E-state index in [2.05, 4.69) is 17.4 Å². The van der Waals surface area contributed by atoms with Crippen LogP contribution in [0.25, 0.3) is 0 Å². The summed E-state index contributed by atoms with van der Waals surface area (Å²) >= 11 is 0. The first-order chi connectivity index (χ1) is 11.0. The Labute approximate surface area is 138 Å². The normalized spacial score (nSPS) is 28.4. The van der Waals surface area contributed by atoms with Crippen LogP contribution in [0.2, 0.25) is 0 Å². The Morgan fingerprint density at radius 3 is 2.39 bits per heavy atom. The minimum atomic E-state index is -3.21. The van der Waals surface area contributed by atoms with Crippen molar-refractivity contribution in [2.75, 3.05) is 26.0 Å². The summed E-state index contributed by atoms with van der Waals surface area (Å²) in [5.74, 6) is 0.667. The predicted molar refractivity (Wildman–Crippen MR) is 90.7 cm³/mol. The average molecular weight is 338 g/mol. The topological polar surface area (TPSA) is 69.6 Å². The van der Waals surface area contributed by atoms with Crippen molar-refractivity contribution in [3.63, 3.8) is 0 Å². The molecule has 128 valence electrons. The van der Waals surface area contributed by atoms with E-state index in [-0.39, 0.29) is 24.6 Å². The van der Waals surface area contributed by atoms with Crippen molar-refractivity contribution >= 4 is 10.0 Å². The summed E-state index contributed by atoms with van der Waals surface area (Å²) in [6.45, 7) is 1.17. The molecular formula is C17H26N2O3S. The van der Waals surface area contributed by atoms with Crippen molar-refractivity contribution in [2.45, 2.75) is 37.3 Å². The number of nitrogens with one attached hydrogen (secondary N) is 1. The first kappa shape index (κ1) is 16.9. The second-order valence-corrected chi connectivity index (χ2v) is 8.86. The molecule has 1 saturated carbocycles. The molecule has 2 aliphatic rings. The fourth-order valence-corrected chi connectivity index (χ4v) is 4.56. The highest BCUT2D eigenvalue weighted by Gasteiger charge is 2.43. The number of hydrogen-bond donors (Lipinski definition) is 2. The molecule has 1 aromatic carbocycles. The standard InChI is InChI=1S/C17H26N2O3S/c1-23(21,22)19(10-13-6-5-7-13)11-15-17(16(12-20)18-15)14-8-3-2-4-9-14/h2-4,8-9,13,15-18,20H,5-7,10-12H2,1H3/t15-,16-,17+/m1/s1. The number of aliphatic hydroxyl groups excluding tert-OH is 1. The molecule has 23 heavy (non-hydrogen) atoms. The summed E-state index contributed by atoms with van der Waals surface area (Å²) in [4.78, 5) is 0. The van der Waals surface area contributed by atoms with Crippen LogP contribution in [0.15, 0.2) is 30.3 Å². The predicted octanol–water partition coefficient (Wildman–Crippen LogP) is 1.16. The molecule has 0 amide bonds. The van der Waals surface area contributed by atoms with Gasteiger partial charge in [0.25, 0.3) is 0 Å². The van der Waals surface area contributed by atoms with Crippen LogP contribution in [-0.4, -0.2) is 55.9 Å². The number of hydrogen-bond acceptors (Lipinski definition) is 4. The number of benzene rings is 1. The van der Waals surface area contributed by atoms with Crippen LogP contribution >= 0.6 is 0 Å². The van der Waals surface area contributed by atoms with Crippen molar-refractivity contribution in [3.05, 3.63) is 35.9 Å². The number of sulfonamides is 1. The SMILES string of the molecule is CS(=O)(=O)N(CC1CCC1)C[C@H]1N[C@H](CO)[C@H]1c1ccccc1. The maximum atomic E-state index is 12.1. The first-order valence-electron chi connectivity index (χ1n) is 8.36. The fourth-order valence-electron chi connectivity index (χ4n) is 3.64. The summed E-state index contributed by atoms with van der Waals surface area (Å²) in [5.41, 5.74) is 1.16. The Balaban J connectivity index is 1.71.